The Morgan fingerprint density at radius 1 is 0.250 bits per heavy atom. The van der Waals surface area contributed by atoms with Gasteiger partial charge in [0.05, 0.1) is 0 Å². The Balaban J connectivity index is 4.17. The molecular weight excluding hydrogens is 985 g/mol. The normalized spacial score (nSPS) is 12.4. The van der Waals surface area contributed by atoms with Crippen LogP contribution in [-0.4, -0.2) is 37.2 Å². The van der Waals surface area contributed by atoms with Gasteiger partial charge in [0.1, 0.15) is 13.2 Å². The van der Waals surface area contributed by atoms with Gasteiger partial charge in [0.25, 0.3) is 0 Å². The largest absolute Gasteiger partial charge is 0.462 e. The number of hydrogen-bond acceptors (Lipinski definition) is 6. The molecule has 6 nitrogen and oxygen atoms in total. The maximum Gasteiger partial charge on any atom is 0.306 e. The number of carbonyl (C=O) groups excluding carboxylic acids is 3. The molecule has 466 valence electrons. The third-order valence-electron chi connectivity index (χ3n) is 15.7. The molecule has 1 unspecified atom stereocenters. The number of hydrogen-bond donors (Lipinski definition) is 0. The Kier molecular flexibility index (Phi) is 66.1. The van der Waals surface area contributed by atoms with E-state index >= 15 is 0 Å². The third-order valence-corrected chi connectivity index (χ3v) is 15.7. The summed E-state index contributed by atoms with van der Waals surface area (Å²) < 4.78 is 16.9. The fourth-order valence-electron chi connectivity index (χ4n) is 10.4. The van der Waals surface area contributed by atoms with Crippen molar-refractivity contribution in [3.63, 3.8) is 0 Å². The van der Waals surface area contributed by atoms with Crippen LogP contribution in [0.2, 0.25) is 0 Å². The fraction of sp³-hybridized carbons (Fsp3) is 0.824. The van der Waals surface area contributed by atoms with Crippen molar-refractivity contribution >= 4 is 17.9 Å². The Morgan fingerprint density at radius 3 is 0.738 bits per heavy atom. The first-order valence-electron chi connectivity index (χ1n) is 35.3. The quantitative estimate of drug-likeness (QED) is 0.0261. The van der Waals surface area contributed by atoms with Crippen LogP contribution in [-0.2, 0) is 28.6 Å². The monoisotopic (exact) mass is 1120 g/mol. The van der Waals surface area contributed by atoms with Crippen molar-refractivity contribution in [3.8, 4) is 0 Å². The molecule has 0 rings (SSSR count). The first-order chi connectivity index (χ1) is 39.5. The molecule has 0 saturated heterocycles. The number of allylic oxidation sites excluding steroid dienone is 10. The zero-order chi connectivity index (χ0) is 57.8. The van der Waals surface area contributed by atoms with Gasteiger partial charge < -0.3 is 14.2 Å². The summed E-state index contributed by atoms with van der Waals surface area (Å²) in [6.45, 7) is 6.62. The highest BCUT2D eigenvalue weighted by molar-refractivity contribution is 5.71. The SMILES string of the molecule is CCCCC/C=C\C/C=C\C/C=C\CCCCCCCCC(=O)OC(COC(=O)CCCCCCC/C=C\CCCCC)COC(=O)CCCCCCCCCCCCCCCCCCCCC/C=C\CCCCCCCCCC. The number of unbranched alkanes of at least 4 members (excludes halogenated alkanes) is 44. The van der Waals surface area contributed by atoms with E-state index in [1.54, 1.807) is 0 Å². The van der Waals surface area contributed by atoms with E-state index in [4.69, 9.17) is 14.2 Å². The number of rotatable bonds is 65. The van der Waals surface area contributed by atoms with E-state index < -0.39 is 6.10 Å². The summed E-state index contributed by atoms with van der Waals surface area (Å²) in [4.78, 5) is 38.3. The summed E-state index contributed by atoms with van der Waals surface area (Å²) in [5.74, 6) is -0.882. The summed E-state index contributed by atoms with van der Waals surface area (Å²) >= 11 is 0. The molecule has 0 heterocycles. The minimum Gasteiger partial charge on any atom is -0.462 e. The molecule has 0 amide bonds. The molecule has 0 saturated carbocycles. The molecule has 0 aliphatic rings. The van der Waals surface area contributed by atoms with E-state index in [9.17, 15) is 14.4 Å². The molecule has 1 atom stereocenters. The summed E-state index contributed by atoms with van der Waals surface area (Å²) in [6, 6.07) is 0. The van der Waals surface area contributed by atoms with Gasteiger partial charge in [-0.2, -0.15) is 0 Å². The molecule has 0 aromatic heterocycles. The third kappa shape index (κ3) is 65.9. The molecule has 80 heavy (non-hydrogen) atoms. The zero-order valence-corrected chi connectivity index (χ0v) is 53.6. The molecule has 0 aromatic carbocycles. The number of ether oxygens (including phenoxy) is 3. The Hall–Kier alpha value is -2.89. The molecule has 0 spiro atoms. The van der Waals surface area contributed by atoms with Gasteiger partial charge in [0, 0.05) is 19.3 Å². The second-order valence-corrected chi connectivity index (χ2v) is 23.8. The molecule has 0 fully saturated rings. The topological polar surface area (TPSA) is 78.9 Å². The van der Waals surface area contributed by atoms with Crippen LogP contribution in [0.1, 0.15) is 374 Å². The number of esters is 3. The minimum absolute atomic E-state index is 0.0791. The Morgan fingerprint density at radius 2 is 0.450 bits per heavy atom. The lowest BCUT2D eigenvalue weighted by Crippen LogP contribution is -2.30. The van der Waals surface area contributed by atoms with Crippen molar-refractivity contribution in [2.24, 2.45) is 0 Å². The predicted molar refractivity (Wildman–Crippen MR) is 348 cm³/mol. The van der Waals surface area contributed by atoms with Crippen molar-refractivity contribution in [1.29, 1.82) is 0 Å². The number of carbonyl (C=O) groups is 3. The van der Waals surface area contributed by atoms with Gasteiger partial charge >= 0.3 is 17.9 Å². The first kappa shape index (κ1) is 77.1. The maximum absolute atomic E-state index is 12.9. The highest BCUT2D eigenvalue weighted by atomic mass is 16.6. The van der Waals surface area contributed by atoms with Crippen LogP contribution in [0.4, 0.5) is 0 Å². The molecule has 0 N–H and O–H groups in total. The standard InChI is InChI=1S/C74H134O6/c1-4-7-10-13-16-19-22-25-27-29-31-32-33-34-35-36-37-38-39-40-41-42-44-45-47-49-52-55-58-61-64-67-73(76)79-70-71(69-78-72(75)66-63-60-57-54-51-24-21-18-15-12-9-6-3)80-74(77)68-65-62-59-56-53-50-48-46-43-30-28-26-23-20-17-14-11-8-5-2/h17-18,20-21,26,28-29,31,43,46,71H,4-16,19,22-25,27,30,32-42,44-45,47-70H2,1-3H3/b20-17-,21-18-,28-26-,31-29-,46-43-. The lowest BCUT2D eigenvalue weighted by Gasteiger charge is -2.18. The molecule has 0 aromatic rings. The van der Waals surface area contributed by atoms with Crippen molar-refractivity contribution in [2.75, 3.05) is 13.2 Å². The van der Waals surface area contributed by atoms with Crippen LogP contribution in [0.15, 0.2) is 60.8 Å². The summed E-state index contributed by atoms with van der Waals surface area (Å²) in [5, 5.41) is 0. The van der Waals surface area contributed by atoms with Gasteiger partial charge in [0.15, 0.2) is 6.10 Å². The second-order valence-electron chi connectivity index (χ2n) is 23.8. The van der Waals surface area contributed by atoms with E-state index in [0.29, 0.717) is 19.3 Å². The van der Waals surface area contributed by atoms with Crippen molar-refractivity contribution in [2.45, 2.75) is 380 Å². The van der Waals surface area contributed by atoms with Crippen LogP contribution in [0, 0.1) is 0 Å². The lowest BCUT2D eigenvalue weighted by atomic mass is 10.0. The highest BCUT2D eigenvalue weighted by Crippen LogP contribution is 2.18. The van der Waals surface area contributed by atoms with Gasteiger partial charge in [-0.3, -0.25) is 14.4 Å². The smallest absolute Gasteiger partial charge is 0.306 e. The highest BCUT2D eigenvalue weighted by Gasteiger charge is 2.19. The van der Waals surface area contributed by atoms with E-state index in [2.05, 4.69) is 81.5 Å². The van der Waals surface area contributed by atoms with Crippen molar-refractivity contribution in [3.05, 3.63) is 60.8 Å². The van der Waals surface area contributed by atoms with E-state index in [1.807, 2.05) is 0 Å². The Bertz CT molecular complexity index is 1430. The van der Waals surface area contributed by atoms with Crippen LogP contribution in [0.5, 0.6) is 0 Å². The molecule has 0 bridgehead atoms. The van der Waals surface area contributed by atoms with E-state index in [-0.39, 0.29) is 31.1 Å². The molecule has 0 aliphatic carbocycles. The summed E-state index contributed by atoms with van der Waals surface area (Å²) in [5.41, 5.74) is 0. The zero-order valence-electron chi connectivity index (χ0n) is 53.6. The van der Waals surface area contributed by atoms with Gasteiger partial charge in [0.2, 0.25) is 0 Å². The van der Waals surface area contributed by atoms with E-state index in [1.165, 1.54) is 244 Å². The molecule has 0 aliphatic heterocycles. The summed E-state index contributed by atoms with van der Waals surface area (Å²) in [6.07, 6.45) is 88.3. The molecular formula is C74H134O6. The lowest BCUT2D eigenvalue weighted by molar-refractivity contribution is -0.167. The summed E-state index contributed by atoms with van der Waals surface area (Å²) in [7, 11) is 0. The van der Waals surface area contributed by atoms with Gasteiger partial charge in [-0.05, 0) is 109 Å². The van der Waals surface area contributed by atoms with Gasteiger partial charge in [-0.1, -0.05) is 306 Å². The van der Waals surface area contributed by atoms with Gasteiger partial charge in [-0.25, -0.2) is 0 Å². The molecule has 0 radical (unpaired) electrons. The van der Waals surface area contributed by atoms with Crippen molar-refractivity contribution < 1.29 is 28.6 Å². The average molecular weight is 1120 g/mol. The average Bonchev–Trinajstić information content (AvgIpc) is 3.46. The first-order valence-corrected chi connectivity index (χ1v) is 35.3. The van der Waals surface area contributed by atoms with Crippen molar-refractivity contribution in [1.82, 2.24) is 0 Å². The predicted octanol–water partition coefficient (Wildman–Crippen LogP) is 24.3. The van der Waals surface area contributed by atoms with Crippen LogP contribution < -0.4 is 0 Å². The minimum atomic E-state index is -0.784. The van der Waals surface area contributed by atoms with E-state index in [0.717, 1.165) is 89.9 Å². The van der Waals surface area contributed by atoms with Gasteiger partial charge in [-0.15, -0.1) is 0 Å². The van der Waals surface area contributed by atoms with Crippen LogP contribution in [0.25, 0.3) is 0 Å². The molecule has 6 heteroatoms. The maximum atomic E-state index is 12.9. The van der Waals surface area contributed by atoms with Crippen LogP contribution >= 0.6 is 0 Å². The van der Waals surface area contributed by atoms with Crippen LogP contribution in [0.3, 0.4) is 0 Å². The Labute approximate surface area is 498 Å². The fourth-order valence-corrected chi connectivity index (χ4v) is 10.4. The second kappa shape index (κ2) is 68.6.